The number of amides is 2. The third-order valence-electron chi connectivity index (χ3n) is 5.67. The lowest BCUT2D eigenvalue weighted by Crippen LogP contribution is -2.38. The number of carbonyl (C=O) groups is 2. The second-order valence-corrected chi connectivity index (χ2v) is 8.51. The summed E-state index contributed by atoms with van der Waals surface area (Å²) in [5.74, 6) is 0.417. The van der Waals surface area contributed by atoms with Crippen LogP contribution >= 0.6 is 23.2 Å². The number of imide groups is 1. The molecule has 0 atom stereocenters. The maximum Gasteiger partial charge on any atom is 0.282 e. The van der Waals surface area contributed by atoms with Crippen LogP contribution in [0.4, 0.5) is 5.69 Å². The Hall–Kier alpha value is -2.50. The van der Waals surface area contributed by atoms with Crippen LogP contribution in [0.5, 0.6) is 5.75 Å². The van der Waals surface area contributed by atoms with E-state index in [2.05, 4.69) is 6.92 Å². The number of anilines is 1. The van der Waals surface area contributed by atoms with Gasteiger partial charge in [-0.25, -0.2) is 4.90 Å². The van der Waals surface area contributed by atoms with Crippen molar-refractivity contribution in [3.05, 3.63) is 63.8 Å². The molecule has 5 nitrogen and oxygen atoms in total. The molecule has 4 rings (SSSR count). The van der Waals surface area contributed by atoms with E-state index in [-0.39, 0.29) is 5.91 Å². The van der Waals surface area contributed by atoms with Crippen LogP contribution in [-0.2, 0) is 9.59 Å². The van der Waals surface area contributed by atoms with Crippen molar-refractivity contribution in [3.63, 3.8) is 0 Å². The van der Waals surface area contributed by atoms with Gasteiger partial charge in [0.05, 0.1) is 23.4 Å². The van der Waals surface area contributed by atoms with Gasteiger partial charge in [0, 0.05) is 29.7 Å². The minimum Gasteiger partial charge on any atom is -0.497 e. The molecule has 0 N–H and O–H groups in total. The van der Waals surface area contributed by atoms with E-state index in [9.17, 15) is 9.59 Å². The van der Waals surface area contributed by atoms with Crippen molar-refractivity contribution < 1.29 is 14.3 Å². The fourth-order valence-electron chi connectivity index (χ4n) is 3.96. The summed E-state index contributed by atoms with van der Waals surface area (Å²) in [6.07, 6.45) is 1.93. The molecule has 0 unspecified atom stereocenters. The Kier molecular flexibility index (Phi) is 5.76. The first kappa shape index (κ1) is 20.8. The Bertz CT molecular complexity index is 1040. The minimum atomic E-state index is -0.397. The molecule has 2 heterocycles. The molecule has 2 aromatic rings. The van der Waals surface area contributed by atoms with Crippen LogP contribution in [0.15, 0.2) is 48.2 Å². The SMILES string of the molecule is COc1cccc(N2C(=O)C(c3ccc(Cl)cc3Cl)=C(N3CCC(C)CC3)C2=O)c1. The third-order valence-corrected chi connectivity index (χ3v) is 6.22. The van der Waals surface area contributed by atoms with Crippen LogP contribution in [0.3, 0.4) is 0 Å². The number of rotatable bonds is 4. The highest BCUT2D eigenvalue weighted by atomic mass is 35.5. The summed E-state index contributed by atoms with van der Waals surface area (Å²) in [5.41, 5.74) is 1.70. The molecule has 30 heavy (non-hydrogen) atoms. The van der Waals surface area contributed by atoms with Gasteiger partial charge in [-0.15, -0.1) is 0 Å². The number of methoxy groups -OCH3 is 1. The van der Waals surface area contributed by atoms with Gasteiger partial charge in [-0.1, -0.05) is 42.3 Å². The molecule has 156 valence electrons. The number of piperidine rings is 1. The van der Waals surface area contributed by atoms with E-state index in [0.717, 1.165) is 25.9 Å². The van der Waals surface area contributed by atoms with Gasteiger partial charge in [0.2, 0.25) is 0 Å². The smallest absolute Gasteiger partial charge is 0.282 e. The van der Waals surface area contributed by atoms with Crippen LogP contribution in [0.1, 0.15) is 25.3 Å². The van der Waals surface area contributed by atoms with E-state index < -0.39 is 5.91 Å². The average Bonchev–Trinajstić information content (AvgIpc) is 2.99. The predicted molar refractivity (Wildman–Crippen MR) is 119 cm³/mol. The highest BCUT2D eigenvalue weighted by Crippen LogP contribution is 2.39. The number of hydrogen-bond acceptors (Lipinski definition) is 4. The summed E-state index contributed by atoms with van der Waals surface area (Å²) >= 11 is 12.5. The van der Waals surface area contributed by atoms with Crippen molar-refractivity contribution in [3.8, 4) is 5.75 Å². The normalized spacial score (nSPS) is 17.9. The molecule has 1 saturated heterocycles. The van der Waals surface area contributed by atoms with E-state index in [1.165, 1.54) is 4.90 Å². The number of halogens is 2. The van der Waals surface area contributed by atoms with Gasteiger partial charge < -0.3 is 9.64 Å². The maximum atomic E-state index is 13.6. The molecule has 1 fully saturated rings. The molecule has 2 aliphatic rings. The standard InChI is InChI=1S/C23H22Cl2N2O3/c1-14-8-10-26(11-9-14)21-20(18-7-6-15(24)12-19(18)25)22(28)27(23(21)29)16-4-3-5-17(13-16)30-2/h3-7,12-14H,8-11H2,1-2H3. The fraction of sp³-hybridized carbons (Fsp3) is 0.304. The zero-order chi connectivity index (χ0) is 21.4. The van der Waals surface area contributed by atoms with Crippen molar-refractivity contribution in [1.29, 1.82) is 0 Å². The largest absolute Gasteiger partial charge is 0.497 e. The van der Waals surface area contributed by atoms with Crippen molar-refractivity contribution >= 4 is 46.3 Å². The summed E-state index contributed by atoms with van der Waals surface area (Å²) in [5, 5.41) is 0.813. The Balaban J connectivity index is 1.84. The van der Waals surface area contributed by atoms with Crippen LogP contribution in [0.25, 0.3) is 5.57 Å². The van der Waals surface area contributed by atoms with Crippen LogP contribution in [-0.4, -0.2) is 36.9 Å². The molecule has 0 aliphatic carbocycles. The second kappa shape index (κ2) is 8.32. The zero-order valence-corrected chi connectivity index (χ0v) is 18.3. The van der Waals surface area contributed by atoms with Crippen LogP contribution < -0.4 is 9.64 Å². The topological polar surface area (TPSA) is 49.9 Å². The van der Waals surface area contributed by atoms with Gasteiger partial charge in [-0.05, 0) is 43.0 Å². The molecule has 2 aliphatic heterocycles. The van der Waals surface area contributed by atoms with Gasteiger partial charge >= 0.3 is 0 Å². The summed E-state index contributed by atoms with van der Waals surface area (Å²) in [4.78, 5) is 30.3. The number of hydrogen-bond donors (Lipinski definition) is 0. The zero-order valence-electron chi connectivity index (χ0n) is 16.8. The highest BCUT2D eigenvalue weighted by Gasteiger charge is 2.43. The first-order valence-electron chi connectivity index (χ1n) is 9.88. The minimum absolute atomic E-state index is 0.319. The van der Waals surface area contributed by atoms with Crippen molar-refractivity contribution in [2.24, 2.45) is 5.92 Å². The fourth-order valence-corrected chi connectivity index (χ4v) is 4.47. The maximum absolute atomic E-state index is 13.6. The van der Waals surface area contributed by atoms with Crippen LogP contribution in [0, 0.1) is 5.92 Å². The molecule has 0 spiro atoms. The number of carbonyl (C=O) groups excluding carboxylic acids is 2. The molecule has 0 radical (unpaired) electrons. The van der Waals surface area contributed by atoms with Crippen LogP contribution in [0.2, 0.25) is 10.0 Å². The van der Waals surface area contributed by atoms with E-state index in [0.29, 0.717) is 44.2 Å². The van der Waals surface area contributed by atoms with Gasteiger partial charge in [-0.2, -0.15) is 0 Å². The van der Waals surface area contributed by atoms with Crippen molar-refractivity contribution in [2.75, 3.05) is 25.1 Å². The highest BCUT2D eigenvalue weighted by molar-refractivity contribution is 6.47. The molecule has 2 aromatic carbocycles. The molecule has 0 aromatic heterocycles. The third kappa shape index (κ3) is 3.68. The molecule has 2 amide bonds. The number of ether oxygens (including phenoxy) is 1. The molecular weight excluding hydrogens is 423 g/mol. The predicted octanol–water partition coefficient (Wildman–Crippen LogP) is 5.02. The van der Waals surface area contributed by atoms with Crippen molar-refractivity contribution in [2.45, 2.75) is 19.8 Å². The van der Waals surface area contributed by atoms with Crippen molar-refractivity contribution in [1.82, 2.24) is 4.90 Å². The van der Waals surface area contributed by atoms with E-state index >= 15 is 0 Å². The van der Waals surface area contributed by atoms with Gasteiger partial charge in [0.1, 0.15) is 11.4 Å². The first-order valence-corrected chi connectivity index (χ1v) is 10.6. The number of likely N-dealkylation sites (tertiary alicyclic amines) is 1. The first-order chi connectivity index (χ1) is 14.4. The summed E-state index contributed by atoms with van der Waals surface area (Å²) in [7, 11) is 1.55. The quantitative estimate of drug-likeness (QED) is 0.621. The number of nitrogens with zero attached hydrogens (tertiary/aromatic N) is 2. The van der Waals surface area contributed by atoms with E-state index in [4.69, 9.17) is 27.9 Å². The lowest BCUT2D eigenvalue weighted by atomic mass is 9.97. The lowest BCUT2D eigenvalue weighted by Gasteiger charge is -2.32. The lowest BCUT2D eigenvalue weighted by molar-refractivity contribution is -0.120. The van der Waals surface area contributed by atoms with E-state index in [1.807, 2.05) is 4.90 Å². The second-order valence-electron chi connectivity index (χ2n) is 7.66. The van der Waals surface area contributed by atoms with Gasteiger partial charge in [0.25, 0.3) is 11.8 Å². The Morgan fingerprint density at radius 3 is 2.40 bits per heavy atom. The molecular formula is C23H22Cl2N2O3. The van der Waals surface area contributed by atoms with E-state index in [1.54, 1.807) is 49.6 Å². The molecule has 0 saturated carbocycles. The molecule has 0 bridgehead atoms. The Morgan fingerprint density at radius 1 is 1.00 bits per heavy atom. The molecule has 7 heteroatoms. The summed E-state index contributed by atoms with van der Waals surface area (Å²) in [6.45, 7) is 3.64. The summed E-state index contributed by atoms with van der Waals surface area (Å²) in [6, 6.07) is 11.9. The average molecular weight is 445 g/mol. The van der Waals surface area contributed by atoms with Gasteiger partial charge in [0.15, 0.2) is 0 Å². The Morgan fingerprint density at radius 2 is 1.73 bits per heavy atom. The monoisotopic (exact) mass is 444 g/mol. The number of benzene rings is 2. The Labute approximate surface area is 185 Å². The van der Waals surface area contributed by atoms with Gasteiger partial charge in [-0.3, -0.25) is 9.59 Å². The summed E-state index contributed by atoms with van der Waals surface area (Å²) < 4.78 is 5.27.